The standard InChI is InChI=1S/C8H17N3O2.2ClH/c9-4-6-11-5-2-1-3-7(10)8(12)13;;/h4,7,9,11H,1-3,5-6,10H2,(H,12,13);2*1H/t7-;;/m0../s1. The molecular formula is C8H19Cl2N3O2. The summed E-state index contributed by atoms with van der Waals surface area (Å²) in [5.74, 6) is -0.938. The zero-order chi connectivity index (χ0) is 10.1. The lowest BCUT2D eigenvalue weighted by Gasteiger charge is -2.05. The molecule has 0 spiro atoms. The van der Waals surface area contributed by atoms with E-state index in [1.54, 1.807) is 0 Å². The number of hydrogen-bond donors (Lipinski definition) is 4. The summed E-state index contributed by atoms with van der Waals surface area (Å²) in [6, 6.07) is -0.734. The van der Waals surface area contributed by atoms with E-state index in [0.29, 0.717) is 13.0 Å². The van der Waals surface area contributed by atoms with Gasteiger partial charge in [-0.1, -0.05) is 6.42 Å². The van der Waals surface area contributed by atoms with Gasteiger partial charge in [0.25, 0.3) is 0 Å². The lowest BCUT2D eigenvalue weighted by molar-refractivity contribution is -0.138. The van der Waals surface area contributed by atoms with E-state index in [0.717, 1.165) is 19.4 Å². The molecule has 0 aromatic heterocycles. The molecule has 0 aromatic rings. The second-order valence-corrected chi connectivity index (χ2v) is 2.85. The number of carbonyl (C=O) groups is 1. The minimum absolute atomic E-state index is 0. The van der Waals surface area contributed by atoms with Crippen LogP contribution in [-0.4, -0.2) is 36.4 Å². The van der Waals surface area contributed by atoms with Gasteiger partial charge in [-0.15, -0.1) is 24.8 Å². The van der Waals surface area contributed by atoms with Crippen LogP contribution in [0.2, 0.25) is 0 Å². The zero-order valence-electron chi connectivity index (χ0n) is 8.44. The fourth-order valence-corrected chi connectivity index (χ4v) is 0.912. The molecule has 0 radical (unpaired) electrons. The molecule has 15 heavy (non-hydrogen) atoms. The molecule has 0 aliphatic rings. The quantitative estimate of drug-likeness (QED) is 0.380. The van der Waals surface area contributed by atoms with Crippen LogP contribution in [0.4, 0.5) is 0 Å². The first-order valence-electron chi connectivity index (χ1n) is 4.36. The average molecular weight is 260 g/mol. The van der Waals surface area contributed by atoms with Gasteiger partial charge in [0.05, 0.1) is 0 Å². The molecule has 92 valence electrons. The Labute approximate surface area is 102 Å². The predicted octanol–water partition coefficient (Wildman–Crippen LogP) is 0.651. The largest absolute Gasteiger partial charge is 0.480 e. The van der Waals surface area contributed by atoms with E-state index in [9.17, 15) is 4.79 Å². The molecule has 0 saturated carbocycles. The van der Waals surface area contributed by atoms with Crippen LogP contribution in [0.25, 0.3) is 0 Å². The first-order valence-corrected chi connectivity index (χ1v) is 4.36. The van der Waals surface area contributed by atoms with Gasteiger partial charge in [0.1, 0.15) is 6.04 Å². The highest BCUT2D eigenvalue weighted by molar-refractivity contribution is 5.85. The maximum atomic E-state index is 10.3. The van der Waals surface area contributed by atoms with Crippen molar-refractivity contribution in [2.75, 3.05) is 13.1 Å². The summed E-state index contributed by atoms with van der Waals surface area (Å²) in [4.78, 5) is 10.3. The molecule has 0 aromatic carbocycles. The Bertz CT molecular complexity index is 170. The smallest absolute Gasteiger partial charge is 0.320 e. The Morgan fingerprint density at radius 2 is 2.07 bits per heavy atom. The van der Waals surface area contributed by atoms with Crippen LogP contribution in [0.1, 0.15) is 19.3 Å². The van der Waals surface area contributed by atoms with Crippen molar-refractivity contribution >= 4 is 37.0 Å². The summed E-state index contributed by atoms with van der Waals surface area (Å²) >= 11 is 0. The van der Waals surface area contributed by atoms with Crippen LogP contribution in [-0.2, 0) is 4.79 Å². The van der Waals surface area contributed by atoms with Gasteiger partial charge in [0.2, 0.25) is 0 Å². The molecule has 7 heteroatoms. The van der Waals surface area contributed by atoms with Crippen molar-refractivity contribution in [2.24, 2.45) is 5.73 Å². The second kappa shape index (κ2) is 13.6. The van der Waals surface area contributed by atoms with Crippen molar-refractivity contribution in [3.63, 3.8) is 0 Å². The fraction of sp³-hybridized carbons (Fsp3) is 0.750. The monoisotopic (exact) mass is 259 g/mol. The Morgan fingerprint density at radius 1 is 1.47 bits per heavy atom. The van der Waals surface area contributed by atoms with Gasteiger partial charge in [-0.2, -0.15) is 0 Å². The number of nitrogens with two attached hydrogens (primary N) is 1. The van der Waals surface area contributed by atoms with Crippen LogP contribution < -0.4 is 11.1 Å². The Morgan fingerprint density at radius 3 is 2.53 bits per heavy atom. The highest BCUT2D eigenvalue weighted by Crippen LogP contribution is 1.97. The van der Waals surface area contributed by atoms with Gasteiger partial charge in [0.15, 0.2) is 0 Å². The maximum absolute atomic E-state index is 10.3. The van der Waals surface area contributed by atoms with E-state index in [1.165, 1.54) is 6.21 Å². The summed E-state index contributed by atoms with van der Waals surface area (Å²) < 4.78 is 0. The summed E-state index contributed by atoms with van der Waals surface area (Å²) in [5.41, 5.74) is 5.30. The van der Waals surface area contributed by atoms with Crippen molar-refractivity contribution in [1.29, 1.82) is 5.41 Å². The molecule has 0 amide bonds. The Kier molecular flexibility index (Phi) is 18.3. The highest BCUT2D eigenvalue weighted by atomic mass is 35.5. The summed E-state index contributed by atoms with van der Waals surface area (Å²) in [7, 11) is 0. The first kappa shape index (κ1) is 20.1. The van der Waals surface area contributed by atoms with Crippen LogP contribution in [0.3, 0.4) is 0 Å². The SMILES string of the molecule is Cl.Cl.N=CCNCCCC[C@H](N)C(=O)O. The first-order chi connectivity index (χ1) is 6.18. The van der Waals surface area contributed by atoms with Crippen LogP contribution in [0.15, 0.2) is 0 Å². The van der Waals surface area contributed by atoms with Gasteiger partial charge in [0, 0.05) is 12.8 Å². The molecule has 5 N–H and O–H groups in total. The number of halogens is 2. The van der Waals surface area contributed by atoms with E-state index >= 15 is 0 Å². The molecule has 5 nitrogen and oxygen atoms in total. The zero-order valence-corrected chi connectivity index (χ0v) is 10.1. The molecule has 0 rings (SSSR count). The van der Waals surface area contributed by atoms with Gasteiger partial charge in [-0.3, -0.25) is 4.79 Å². The lowest BCUT2D eigenvalue weighted by Crippen LogP contribution is -2.30. The number of carboxylic acid groups (broad SMARTS) is 1. The molecule has 0 saturated heterocycles. The minimum atomic E-state index is -0.938. The summed E-state index contributed by atoms with van der Waals surface area (Å²) in [6.07, 6.45) is 3.51. The molecule has 1 atom stereocenters. The van der Waals surface area contributed by atoms with Crippen LogP contribution >= 0.6 is 24.8 Å². The van der Waals surface area contributed by atoms with Crippen LogP contribution in [0, 0.1) is 5.41 Å². The summed E-state index contributed by atoms with van der Waals surface area (Å²) in [6.45, 7) is 1.38. The maximum Gasteiger partial charge on any atom is 0.320 e. The Hall–Kier alpha value is -0.360. The highest BCUT2D eigenvalue weighted by Gasteiger charge is 2.09. The van der Waals surface area contributed by atoms with E-state index in [2.05, 4.69) is 5.32 Å². The number of unbranched alkanes of at least 4 members (excludes halogenated alkanes) is 1. The molecule has 0 bridgehead atoms. The van der Waals surface area contributed by atoms with E-state index in [-0.39, 0.29) is 24.8 Å². The van der Waals surface area contributed by atoms with Gasteiger partial charge < -0.3 is 21.6 Å². The van der Waals surface area contributed by atoms with Crippen LogP contribution in [0.5, 0.6) is 0 Å². The number of aliphatic carboxylic acids is 1. The number of carboxylic acids is 1. The van der Waals surface area contributed by atoms with E-state index < -0.39 is 12.0 Å². The molecular weight excluding hydrogens is 241 g/mol. The predicted molar refractivity (Wildman–Crippen MR) is 65.6 cm³/mol. The molecule has 0 heterocycles. The van der Waals surface area contributed by atoms with Gasteiger partial charge in [-0.25, -0.2) is 0 Å². The van der Waals surface area contributed by atoms with E-state index in [4.69, 9.17) is 16.2 Å². The third-order valence-corrected chi connectivity index (χ3v) is 1.68. The molecule has 0 fully saturated rings. The number of nitrogens with one attached hydrogen (secondary N) is 2. The topological polar surface area (TPSA) is 99.2 Å². The second-order valence-electron chi connectivity index (χ2n) is 2.85. The Balaban J connectivity index is -0.000000720. The molecule has 0 unspecified atom stereocenters. The van der Waals surface area contributed by atoms with Crippen molar-refractivity contribution in [1.82, 2.24) is 5.32 Å². The third-order valence-electron chi connectivity index (χ3n) is 1.68. The lowest BCUT2D eigenvalue weighted by atomic mass is 10.1. The van der Waals surface area contributed by atoms with E-state index in [1.807, 2.05) is 0 Å². The van der Waals surface area contributed by atoms with Crippen molar-refractivity contribution in [3.05, 3.63) is 0 Å². The number of rotatable bonds is 8. The van der Waals surface area contributed by atoms with Gasteiger partial charge >= 0.3 is 5.97 Å². The van der Waals surface area contributed by atoms with Crippen molar-refractivity contribution < 1.29 is 9.90 Å². The number of hydrogen-bond acceptors (Lipinski definition) is 4. The molecule has 0 aliphatic carbocycles. The average Bonchev–Trinajstić information content (AvgIpc) is 2.10. The fourth-order valence-electron chi connectivity index (χ4n) is 0.912. The normalized spacial score (nSPS) is 10.7. The molecule has 0 aliphatic heterocycles. The summed E-state index contributed by atoms with van der Waals surface area (Å²) in [5, 5.41) is 18.2. The third kappa shape index (κ3) is 13.6. The van der Waals surface area contributed by atoms with Crippen molar-refractivity contribution in [3.8, 4) is 0 Å². The van der Waals surface area contributed by atoms with Crippen molar-refractivity contribution in [2.45, 2.75) is 25.3 Å². The minimum Gasteiger partial charge on any atom is -0.480 e. The van der Waals surface area contributed by atoms with Gasteiger partial charge in [-0.05, 0) is 19.4 Å².